The zero-order chi connectivity index (χ0) is 11.5. The highest BCUT2D eigenvalue weighted by Gasteiger charge is 2.19. The third-order valence-electron chi connectivity index (χ3n) is 2.34. The average molecular weight is 217 g/mol. The highest BCUT2D eigenvalue weighted by atomic mass is 16.5. The Hall–Kier alpha value is -0.120. The first-order chi connectivity index (χ1) is 7.29. The summed E-state index contributed by atoms with van der Waals surface area (Å²) < 4.78 is 11.3. The normalized spacial score (nSPS) is 15.2. The molecule has 0 radical (unpaired) electrons. The summed E-state index contributed by atoms with van der Waals surface area (Å²) >= 11 is 0. The third-order valence-corrected chi connectivity index (χ3v) is 2.34. The molecule has 0 saturated carbocycles. The minimum Gasteiger partial charge on any atom is -0.380 e. The van der Waals surface area contributed by atoms with Crippen LogP contribution in [-0.4, -0.2) is 38.5 Å². The van der Waals surface area contributed by atoms with Crippen LogP contribution in [0.2, 0.25) is 0 Å². The monoisotopic (exact) mass is 217 g/mol. The summed E-state index contributed by atoms with van der Waals surface area (Å²) in [6.45, 7) is 11.8. The summed E-state index contributed by atoms with van der Waals surface area (Å²) in [5.74, 6) is 0. The average Bonchev–Trinajstić information content (AvgIpc) is 2.25. The molecule has 0 saturated heterocycles. The predicted octanol–water partition coefficient (Wildman–Crippen LogP) is 2.21. The van der Waals surface area contributed by atoms with Crippen LogP contribution in [-0.2, 0) is 9.47 Å². The molecule has 2 unspecified atom stereocenters. The Morgan fingerprint density at radius 2 is 1.87 bits per heavy atom. The van der Waals surface area contributed by atoms with Gasteiger partial charge in [0.1, 0.15) is 0 Å². The Bertz CT molecular complexity index is 131. The van der Waals surface area contributed by atoms with Crippen molar-refractivity contribution in [2.24, 2.45) is 0 Å². The van der Waals surface area contributed by atoms with E-state index in [2.05, 4.69) is 26.1 Å². The second-order valence-electron chi connectivity index (χ2n) is 3.64. The van der Waals surface area contributed by atoms with E-state index in [1.165, 1.54) is 0 Å². The smallest absolute Gasteiger partial charge is 0.0747 e. The van der Waals surface area contributed by atoms with Crippen LogP contribution in [0, 0.1) is 0 Å². The summed E-state index contributed by atoms with van der Waals surface area (Å²) in [6, 6.07) is 0.325. The fourth-order valence-corrected chi connectivity index (χ4v) is 1.65. The molecule has 0 spiro atoms. The zero-order valence-electron chi connectivity index (χ0n) is 10.7. The van der Waals surface area contributed by atoms with Crippen LogP contribution >= 0.6 is 0 Å². The summed E-state index contributed by atoms with van der Waals surface area (Å²) in [4.78, 5) is 0. The van der Waals surface area contributed by atoms with Gasteiger partial charge in [-0.05, 0) is 26.3 Å². The Morgan fingerprint density at radius 1 is 1.13 bits per heavy atom. The molecule has 92 valence electrons. The molecule has 0 aliphatic heterocycles. The lowest BCUT2D eigenvalue weighted by atomic mass is 10.1. The van der Waals surface area contributed by atoms with Gasteiger partial charge in [0.05, 0.1) is 18.8 Å². The lowest BCUT2D eigenvalue weighted by molar-refractivity contribution is -0.000862. The maximum absolute atomic E-state index is 5.69. The molecule has 0 fully saturated rings. The van der Waals surface area contributed by atoms with Crippen molar-refractivity contribution in [3.63, 3.8) is 0 Å². The van der Waals surface area contributed by atoms with Gasteiger partial charge in [-0.2, -0.15) is 0 Å². The van der Waals surface area contributed by atoms with E-state index >= 15 is 0 Å². The lowest BCUT2D eigenvalue weighted by Gasteiger charge is -2.26. The highest BCUT2D eigenvalue weighted by Crippen LogP contribution is 2.05. The van der Waals surface area contributed by atoms with E-state index in [1.807, 2.05) is 6.92 Å². The molecule has 0 aliphatic rings. The molecular formula is C12H27NO2. The highest BCUT2D eigenvalue weighted by molar-refractivity contribution is 4.75. The summed E-state index contributed by atoms with van der Waals surface area (Å²) in [5.41, 5.74) is 0. The van der Waals surface area contributed by atoms with Crippen molar-refractivity contribution in [3.05, 3.63) is 0 Å². The van der Waals surface area contributed by atoms with E-state index in [0.29, 0.717) is 6.04 Å². The second-order valence-corrected chi connectivity index (χ2v) is 3.64. The van der Waals surface area contributed by atoms with Crippen LogP contribution < -0.4 is 5.32 Å². The van der Waals surface area contributed by atoms with Crippen molar-refractivity contribution in [2.75, 3.05) is 26.4 Å². The van der Waals surface area contributed by atoms with E-state index in [9.17, 15) is 0 Å². The molecule has 0 aromatic rings. The molecule has 0 rings (SSSR count). The maximum Gasteiger partial charge on any atom is 0.0747 e. The first-order valence-electron chi connectivity index (χ1n) is 6.22. The van der Waals surface area contributed by atoms with Gasteiger partial charge >= 0.3 is 0 Å². The van der Waals surface area contributed by atoms with Crippen LogP contribution in [0.4, 0.5) is 0 Å². The van der Waals surface area contributed by atoms with Gasteiger partial charge in [0, 0.05) is 13.2 Å². The Labute approximate surface area is 94.5 Å². The SMILES string of the molecule is CCCOCC(NCC)C(CC)OCC. The molecule has 2 atom stereocenters. The molecule has 0 aromatic heterocycles. The predicted molar refractivity (Wildman–Crippen MR) is 64.3 cm³/mol. The van der Waals surface area contributed by atoms with Gasteiger partial charge in [-0.15, -0.1) is 0 Å². The molecule has 0 aromatic carbocycles. The van der Waals surface area contributed by atoms with E-state index in [-0.39, 0.29) is 6.10 Å². The number of rotatable bonds is 10. The molecular weight excluding hydrogens is 190 g/mol. The summed E-state index contributed by atoms with van der Waals surface area (Å²) in [6.07, 6.45) is 2.37. The largest absolute Gasteiger partial charge is 0.380 e. The topological polar surface area (TPSA) is 30.5 Å². The third kappa shape index (κ3) is 6.88. The Balaban J connectivity index is 3.95. The number of ether oxygens (including phenoxy) is 2. The van der Waals surface area contributed by atoms with Crippen molar-refractivity contribution in [1.82, 2.24) is 5.32 Å². The Kier molecular flexibility index (Phi) is 10.3. The number of hydrogen-bond donors (Lipinski definition) is 1. The lowest BCUT2D eigenvalue weighted by Crippen LogP contribution is -2.44. The first-order valence-corrected chi connectivity index (χ1v) is 6.22. The minimum absolute atomic E-state index is 0.270. The molecule has 0 bridgehead atoms. The number of hydrogen-bond acceptors (Lipinski definition) is 3. The van der Waals surface area contributed by atoms with Crippen molar-refractivity contribution in [2.45, 2.75) is 52.7 Å². The van der Waals surface area contributed by atoms with Gasteiger partial charge in [0.2, 0.25) is 0 Å². The molecule has 15 heavy (non-hydrogen) atoms. The van der Waals surface area contributed by atoms with Crippen molar-refractivity contribution < 1.29 is 9.47 Å². The van der Waals surface area contributed by atoms with Crippen molar-refractivity contribution in [1.29, 1.82) is 0 Å². The van der Waals surface area contributed by atoms with E-state index in [1.54, 1.807) is 0 Å². The molecule has 3 nitrogen and oxygen atoms in total. The van der Waals surface area contributed by atoms with E-state index < -0.39 is 0 Å². The van der Waals surface area contributed by atoms with Gasteiger partial charge in [-0.3, -0.25) is 0 Å². The van der Waals surface area contributed by atoms with Gasteiger partial charge < -0.3 is 14.8 Å². The van der Waals surface area contributed by atoms with Crippen LogP contribution in [0.15, 0.2) is 0 Å². The van der Waals surface area contributed by atoms with Crippen LogP contribution in [0.1, 0.15) is 40.5 Å². The van der Waals surface area contributed by atoms with Gasteiger partial charge in [0.25, 0.3) is 0 Å². The molecule has 3 heteroatoms. The fourth-order valence-electron chi connectivity index (χ4n) is 1.65. The second kappa shape index (κ2) is 10.4. The number of nitrogens with one attached hydrogen (secondary N) is 1. The molecule has 0 amide bonds. The van der Waals surface area contributed by atoms with E-state index in [4.69, 9.17) is 9.47 Å². The fraction of sp³-hybridized carbons (Fsp3) is 1.00. The molecule has 1 N–H and O–H groups in total. The number of likely N-dealkylation sites (N-methyl/N-ethyl adjacent to an activating group) is 1. The maximum atomic E-state index is 5.69. The van der Waals surface area contributed by atoms with Crippen molar-refractivity contribution >= 4 is 0 Å². The zero-order valence-corrected chi connectivity index (χ0v) is 10.7. The van der Waals surface area contributed by atoms with Crippen LogP contribution in [0.25, 0.3) is 0 Å². The minimum atomic E-state index is 0.270. The first kappa shape index (κ1) is 14.9. The Morgan fingerprint density at radius 3 is 2.33 bits per heavy atom. The van der Waals surface area contributed by atoms with Crippen molar-refractivity contribution in [3.8, 4) is 0 Å². The van der Waals surface area contributed by atoms with Crippen LogP contribution in [0.3, 0.4) is 0 Å². The van der Waals surface area contributed by atoms with Gasteiger partial charge in [0.15, 0.2) is 0 Å². The summed E-state index contributed by atoms with van der Waals surface area (Å²) in [7, 11) is 0. The molecule has 0 heterocycles. The van der Waals surface area contributed by atoms with Gasteiger partial charge in [-0.1, -0.05) is 20.8 Å². The molecule has 0 aliphatic carbocycles. The van der Waals surface area contributed by atoms with E-state index in [0.717, 1.165) is 39.2 Å². The standard InChI is InChI=1S/C12H27NO2/c1-5-9-14-10-11(13-7-3)12(6-2)15-8-4/h11-13H,5-10H2,1-4H3. The quantitative estimate of drug-likeness (QED) is 0.569. The van der Waals surface area contributed by atoms with Crippen LogP contribution in [0.5, 0.6) is 0 Å². The van der Waals surface area contributed by atoms with Gasteiger partial charge in [-0.25, -0.2) is 0 Å². The summed E-state index contributed by atoms with van der Waals surface area (Å²) in [5, 5.41) is 3.43.